The number of benzene rings is 1. The largest absolute Gasteiger partial charge is 0.486 e. The lowest BCUT2D eigenvalue weighted by Crippen LogP contribution is -2.00. The molecule has 0 bridgehead atoms. The molecule has 0 saturated heterocycles. The molecule has 0 saturated carbocycles. The van der Waals surface area contributed by atoms with Crippen molar-refractivity contribution in [2.45, 2.75) is 0 Å². The third-order valence-corrected chi connectivity index (χ3v) is 2.01. The maximum atomic E-state index is 10.6. The van der Waals surface area contributed by atoms with Crippen molar-refractivity contribution in [1.29, 1.82) is 0 Å². The Kier molecular flexibility index (Phi) is 4.16. The van der Waals surface area contributed by atoms with Crippen molar-refractivity contribution in [3.63, 3.8) is 0 Å². The molecule has 0 amide bonds. The van der Waals surface area contributed by atoms with Gasteiger partial charge in [-0.15, -0.1) is 0 Å². The standard InChI is InChI=1S/C8H7BrClNO3/c9-3-4-14-8-5-6(10)1-2-7(8)11(12)13/h1-2,5H,3-4H2. The van der Waals surface area contributed by atoms with E-state index in [-0.39, 0.29) is 11.4 Å². The highest BCUT2D eigenvalue weighted by Crippen LogP contribution is 2.29. The van der Waals surface area contributed by atoms with E-state index in [2.05, 4.69) is 15.9 Å². The highest BCUT2D eigenvalue weighted by Gasteiger charge is 2.14. The van der Waals surface area contributed by atoms with Crippen LogP contribution >= 0.6 is 27.5 Å². The van der Waals surface area contributed by atoms with E-state index in [9.17, 15) is 10.1 Å². The van der Waals surface area contributed by atoms with Gasteiger partial charge in [0.15, 0.2) is 5.75 Å². The van der Waals surface area contributed by atoms with Crippen LogP contribution < -0.4 is 4.74 Å². The number of nitro benzene ring substituents is 1. The van der Waals surface area contributed by atoms with Crippen molar-refractivity contribution in [2.75, 3.05) is 11.9 Å². The molecule has 1 aromatic carbocycles. The minimum Gasteiger partial charge on any atom is -0.486 e. The average molecular weight is 281 g/mol. The van der Waals surface area contributed by atoms with Gasteiger partial charge in [0.25, 0.3) is 0 Å². The van der Waals surface area contributed by atoms with E-state index in [1.165, 1.54) is 18.2 Å². The summed E-state index contributed by atoms with van der Waals surface area (Å²) in [5, 5.41) is 11.6. The lowest BCUT2D eigenvalue weighted by Gasteiger charge is -2.04. The molecule has 0 radical (unpaired) electrons. The van der Waals surface area contributed by atoms with Crippen LogP contribution in [0.3, 0.4) is 0 Å². The molecule has 0 aliphatic carbocycles. The molecule has 1 rings (SSSR count). The summed E-state index contributed by atoms with van der Waals surface area (Å²) in [6.45, 7) is 0.362. The molecule has 14 heavy (non-hydrogen) atoms. The zero-order valence-corrected chi connectivity index (χ0v) is 9.42. The molecule has 0 aromatic heterocycles. The maximum absolute atomic E-state index is 10.6. The van der Waals surface area contributed by atoms with Gasteiger partial charge in [0.1, 0.15) is 0 Å². The molecule has 76 valence electrons. The first-order valence-electron chi connectivity index (χ1n) is 3.78. The zero-order chi connectivity index (χ0) is 10.6. The Hall–Kier alpha value is -0.810. The van der Waals surface area contributed by atoms with E-state index in [0.29, 0.717) is 17.0 Å². The van der Waals surface area contributed by atoms with Gasteiger partial charge in [0.2, 0.25) is 0 Å². The van der Waals surface area contributed by atoms with Crippen LogP contribution in [-0.2, 0) is 0 Å². The van der Waals surface area contributed by atoms with Crippen LogP contribution in [0.5, 0.6) is 5.75 Å². The predicted octanol–water partition coefficient (Wildman–Crippen LogP) is 3.02. The molecule has 6 heteroatoms. The molecule has 0 aliphatic heterocycles. The van der Waals surface area contributed by atoms with Crippen LogP contribution in [0.4, 0.5) is 5.69 Å². The summed E-state index contributed by atoms with van der Waals surface area (Å²) < 4.78 is 5.16. The summed E-state index contributed by atoms with van der Waals surface area (Å²) in [4.78, 5) is 10.1. The number of ether oxygens (including phenoxy) is 1. The Balaban J connectivity index is 2.97. The molecule has 4 nitrogen and oxygen atoms in total. The maximum Gasteiger partial charge on any atom is 0.311 e. The monoisotopic (exact) mass is 279 g/mol. The van der Waals surface area contributed by atoms with Gasteiger partial charge in [-0.2, -0.15) is 0 Å². The number of hydrogen-bond donors (Lipinski definition) is 0. The van der Waals surface area contributed by atoms with Crippen LogP contribution in [0.1, 0.15) is 0 Å². The third-order valence-electron chi connectivity index (χ3n) is 1.45. The fraction of sp³-hybridized carbons (Fsp3) is 0.250. The number of hydrogen-bond acceptors (Lipinski definition) is 3. The van der Waals surface area contributed by atoms with Gasteiger partial charge in [0.05, 0.1) is 11.5 Å². The number of nitrogens with zero attached hydrogens (tertiary/aromatic N) is 1. The van der Waals surface area contributed by atoms with Gasteiger partial charge in [-0.05, 0) is 6.07 Å². The van der Waals surface area contributed by atoms with Gasteiger partial charge < -0.3 is 4.74 Å². The van der Waals surface area contributed by atoms with Crippen LogP contribution in [0.15, 0.2) is 18.2 Å². The number of halogens is 2. The zero-order valence-electron chi connectivity index (χ0n) is 7.07. The summed E-state index contributed by atoms with van der Waals surface area (Å²) in [6.07, 6.45) is 0. The van der Waals surface area contributed by atoms with Gasteiger partial charge in [-0.25, -0.2) is 0 Å². The molecular weight excluding hydrogens is 273 g/mol. The van der Waals surface area contributed by atoms with Crippen molar-refractivity contribution in [3.05, 3.63) is 33.3 Å². The van der Waals surface area contributed by atoms with Crippen LogP contribution in [0, 0.1) is 10.1 Å². The molecule has 0 spiro atoms. The number of nitro groups is 1. The third kappa shape index (κ3) is 2.85. The summed E-state index contributed by atoms with van der Waals surface area (Å²) in [5.74, 6) is 0.196. The van der Waals surface area contributed by atoms with Crippen molar-refractivity contribution >= 4 is 33.2 Å². The van der Waals surface area contributed by atoms with Crippen molar-refractivity contribution in [2.24, 2.45) is 0 Å². The Morgan fingerprint density at radius 3 is 2.86 bits per heavy atom. The van der Waals surface area contributed by atoms with Gasteiger partial charge in [0, 0.05) is 22.5 Å². The second kappa shape index (κ2) is 5.17. The van der Waals surface area contributed by atoms with E-state index in [1.54, 1.807) is 0 Å². The highest BCUT2D eigenvalue weighted by molar-refractivity contribution is 9.09. The second-order valence-corrected chi connectivity index (χ2v) is 3.64. The summed E-state index contributed by atoms with van der Waals surface area (Å²) in [7, 11) is 0. The van der Waals surface area contributed by atoms with Crippen molar-refractivity contribution < 1.29 is 9.66 Å². The number of alkyl halides is 1. The fourth-order valence-corrected chi connectivity index (χ4v) is 1.23. The molecule has 0 heterocycles. The van der Waals surface area contributed by atoms with Crippen molar-refractivity contribution in [3.8, 4) is 5.75 Å². The molecule has 0 atom stereocenters. The lowest BCUT2D eigenvalue weighted by molar-refractivity contribution is -0.385. The minimum atomic E-state index is -0.500. The molecular formula is C8H7BrClNO3. The van der Waals surface area contributed by atoms with E-state index in [0.717, 1.165) is 0 Å². The Labute approximate surface area is 94.1 Å². The number of rotatable bonds is 4. The first-order valence-corrected chi connectivity index (χ1v) is 5.28. The molecule has 0 N–H and O–H groups in total. The van der Waals surface area contributed by atoms with Gasteiger partial charge in [-0.1, -0.05) is 27.5 Å². The predicted molar refractivity (Wildman–Crippen MR) is 57.4 cm³/mol. The first-order chi connectivity index (χ1) is 6.65. The first kappa shape index (κ1) is 11.3. The fourth-order valence-electron chi connectivity index (χ4n) is 0.903. The minimum absolute atomic E-state index is 0.0737. The molecule has 0 fully saturated rings. The Morgan fingerprint density at radius 1 is 1.57 bits per heavy atom. The second-order valence-electron chi connectivity index (χ2n) is 2.41. The van der Waals surface area contributed by atoms with Crippen LogP contribution in [0.25, 0.3) is 0 Å². The smallest absolute Gasteiger partial charge is 0.311 e. The summed E-state index contributed by atoms with van der Waals surface area (Å²) >= 11 is 8.85. The Morgan fingerprint density at radius 2 is 2.29 bits per heavy atom. The highest BCUT2D eigenvalue weighted by atomic mass is 79.9. The molecule has 0 unspecified atom stereocenters. The van der Waals surface area contributed by atoms with E-state index in [1.807, 2.05) is 0 Å². The average Bonchev–Trinajstić information content (AvgIpc) is 2.14. The molecule has 1 aromatic rings. The van der Waals surface area contributed by atoms with E-state index < -0.39 is 4.92 Å². The van der Waals surface area contributed by atoms with Crippen LogP contribution in [0.2, 0.25) is 5.02 Å². The lowest BCUT2D eigenvalue weighted by atomic mass is 10.3. The van der Waals surface area contributed by atoms with E-state index in [4.69, 9.17) is 16.3 Å². The topological polar surface area (TPSA) is 52.4 Å². The quantitative estimate of drug-likeness (QED) is 0.484. The SMILES string of the molecule is O=[N+]([O-])c1ccc(Cl)cc1OCCBr. The van der Waals surface area contributed by atoms with Crippen LogP contribution in [-0.4, -0.2) is 16.9 Å². The molecule has 0 aliphatic rings. The van der Waals surface area contributed by atoms with E-state index >= 15 is 0 Å². The van der Waals surface area contributed by atoms with Gasteiger partial charge in [-0.3, -0.25) is 10.1 Å². The normalized spacial score (nSPS) is 9.86. The Bertz CT molecular complexity index is 345. The van der Waals surface area contributed by atoms with Gasteiger partial charge >= 0.3 is 5.69 Å². The summed E-state index contributed by atoms with van der Waals surface area (Å²) in [5.41, 5.74) is -0.0737. The van der Waals surface area contributed by atoms with Crippen molar-refractivity contribution in [1.82, 2.24) is 0 Å². The summed E-state index contributed by atoms with van der Waals surface area (Å²) in [6, 6.07) is 4.22.